The minimum atomic E-state index is 0.263. The molecule has 0 bridgehead atoms. The van der Waals surface area contributed by atoms with Gasteiger partial charge in [-0.3, -0.25) is 4.98 Å². The second kappa shape index (κ2) is 7.06. The Kier molecular flexibility index (Phi) is 5.13. The number of nitrogens with two attached hydrogens (primary N) is 1. The van der Waals surface area contributed by atoms with Crippen LogP contribution in [0.25, 0.3) is 0 Å². The van der Waals surface area contributed by atoms with Crippen LogP contribution in [0.4, 0.5) is 0 Å². The van der Waals surface area contributed by atoms with Crippen LogP contribution >= 0.6 is 0 Å². The smallest absolute Gasteiger partial charge is 0.122 e. The Morgan fingerprint density at radius 3 is 2.60 bits per heavy atom. The summed E-state index contributed by atoms with van der Waals surface area (Å²) >= 11 is 0. The van der Waals surface area contributed by atoms with Gasteiger partial charge in [0.25, 0.3) is 0 Å². The fourth-order valence-corrected chi connectivity index (χ4v) is 2.40. The first-order valence-corrected chi connectivity index (χ1v) is 7.07. The van der Waals surface area contributed by atoms with Gasteiger partial charge in [-0.1, -0.05) is 17.7 Å². The molecule has 0 fully saturated rings. The molecule has 0 spiro atoms. The number of hydrogen-bond acceptors (Lipinski definition) is 3. The maximum Gasteiger partial charge on any atom is 0.122 e. The van der Waals surface area contributed by atoms with Crippen molar-refractivity contribution in [3.05, 3.63) is 59.4 Å². The summed E-state index contributed by atoms with van der Waals surface area (Å²) in [5.41, 5.74) is 9.68. The van der Waals surface area contributed by atoms with Crippen LogP contribution < -0.4 is 10.5 Å². The van der Waals surface area contributed by atoms with E-state index in [2.05, 4.69) is 24.0 Å². The van der Waals surface area contributed by atoms with Crippen molar-refractivity contribution in [1.82, 2.24) is 4.98 Å². The predicted molar refractivity (Wildman–Crippen MR) is 82.1 cm³/mol. The lowest BCUT2D eigenvalue weighted by molar-refractivity contribution is 0.334. The predicted octanol–water partition coefficient (Wildman–Crippen LogP) is 3.07. The second-order valence-corrected chi connectivity index (χ2v) is 4.97. The first-order chi connectivity index (χ1) is 9.74. The summed E-state index contributed by atoms with van der Waals surface area (Å²) in [6.45, 7) is 5.37. The van der Waals surface area contributed by atoms with Crippen LogP contribution in [-0.4, -0.2) is 18.1 Å². The third-order valence-corrected chi connectivity index (χ3v) is 3.42. The maximum absolute atomic E-state index is 6.00. The van der Waals surface area contributed by atoms with Gasteiger partial charge in [0, 0.05) is 18.3 Å². The molecule has 0 saturated heterocycles. The number of aryl methyl sites for hydroxylation is 1. The van der Waals surface area contributed by atoms with Crippen molar-refractivity contribution in [2.75, 3.05) is 13.2 Å². The first kappa shape index (κ1) is 14.5. The molecule has 0 saturated carbocycles. The molecule has 3 heteroatoms. The molecule has 20 heavy (non-hydrogen) atoms. The molecule has 0 radical (unpaired) electrons. The normalized spacial score (nSPS) is 12.2. The average molecular weight is 270 g/mol. The number of ether oxygens (including phenoxy) is 1. The molecule has 0 aliphatic rings. The highest BCUT2D eigenvalue weighted by Gasteiger charge is 2.16. The van der Waals surface area contributed by atoms with Crippen molar-refractivity contribution in [3.63, 3.8) is 0 Å². The fourth-order valence-electron chi connectivity index (χ4n) is 2.40. The maximum atomic E-state index is 6.00. The van der Waals surface area contributed by atoms with E-state index in [9.17, 15) is 0 Å². The van der Waals surface area contributed by atoms with Gasteiger partial charge in [0.1, 0.15) is 5.75 Å². The highest BCUT2D eigenvalue weighted by molar-refractivity contribution is 5.40. The molecule has 106 valence electrons. The van der Waals surface area contributed by atoms with Gasteiger partial charge in [-0.2, -0.15) is 0 Å². The molecular formula is C17H22N2O. The summed E-state index contributed by atoms with van der Waals surface area (Å²) in [6.07, 6.45) is 4.55. The van der Waals surface area contributed by atoms with Gasteiger partial charge >= 0.3 is 0 Å². The van der Waals surface area contributed by atoms with Crippen molar-refractivity contribution >= 4 is 0 Å². The van der Waals surface area contributed by atoms with Gasteiger partial charge in [0.05, 0.1) is 6.61 Å². The Balaban J connectivity index is 2.28. The third-order valence-electron chi connectivity index (χ3n) is 3.42. The van der Waals surface area contributed by atoms with E-state index in [1.54, 1.807) is 0 Å². The standard InChI is InChI=1S/C17H22N2O/c1-3-20-17-5-4-13(2)10-16(17)15(12-18)11-14-6-8-19-9-7-14/h4-10,15H,3,11-12,18H2,1-2H3. The topological polar surface area (TPSA) is 48.1 Å². The largest absolute Gasteiger partial charge is 0.494 e. The van der Waals surface area contributed by atoms with Crippen LogP contribution in [0.2, 0.25) is 0 Å². The minimum absolute atomic E-state index is 0.263. The van der Waals surface area contributed by atoms with E-state index in [1.165, 1.54) is 16.7 Å². The Morgan fingerprint density at radius 1 is 1.20 bits per heavy atom. The Morgan fingerprint density at radius 2 is 1.95 bits per heavy atom. The highest BCUT2D eigenvalue weighted by Crippen LogP contribution is 2.30. The van der Waals surface area contributed by atoms with Crippen molar-refractivity contribution < 1.29 is 4.74 Å². The lowest BCUT2D eigenvalue weighted by atomic mass is 9.90. The molecule has 2 rings (SSSR count). The van der Waals surface area contributed by atoms with Crippen molar-refractivity contribution in [2.45, 2.75) is 26.2 Å². The molecule has 2 N–H and O–H groups in total. The average Bonchev–Trinajstić information content (AvgIpc) is 2.48. The molecule has 1 heterocycles. The second-order valence-electron chi connectivity index (χ2n) is 4.97. The Labute approximate surface area is 120 Å². The van der Waals surface area contributed by atoms with Gasteiger partial charge in [-0.15, -0.1) is 0 Å². The quantitative estimate of drug-likeness (QED) is 0.877. The number of nitrogens with zero attached hydrogens (tertiary/aromatic N) is 1. The van der Waals surface area contributed by atoms with Crippen LogP contribution in [0.1, 0.15) is 29.5 Å². The van der Waals surface area contributed by atoms with Gasteiger partial charge in [-0.25, -0.2) is 0 Å². The molecule has 2 aromatic rings. The lowest BCUT2D eigenvalue weighted by Crippen LogP contribution is -2.16. The van der Waals surface area contributed by atoms with E-state index < -0.39 is 0 Å². The van der Waals surface area contributed by atoms with Gasteiger partial charge < -0.3 is 10.5 Å². The minimum Gasteiger partial charge on any atom is -0.494 e. The summed E-state index contributed by atoms with van der Waals surface area (Å²) in [5.74, 6) is 1.21. The van der Waals surface area contributed by atoms with Crippen LogP contribution in [0.3, 0.4) is 0 Å². The zero-order chi connectivity index (χ0) is 14.4. The number of hydrogen-bond donors (Lipinski definition) is 1. The molecule has 1 aromatic heterocycles. The van der Waals surface area contributed by atoms with E-state index in [0.717, 1.165) is 12.2 Å². The van der Waals surface area contributed by atoms with Crippen LogP contribution in [0.15, 0.2) is 42.7 Å². The van der Waals surface area contributed by atoms with E-state index >= 15 is 0 Å². The zero-order valence-electron chi connectivity index (χ0n) is 12.2. The molecule has 0 amide bonds. The Hall–Kier alpha value is -1.87. The van der Waals surface area contributed by atoms with Crippen LogP contribution in [0.5, 0.6) is 5.75 Å². The molecule has 1 aromatic carbocycles. The zero-order valence-corrected chi connectivity index (χ0v) is 12.2. The summed E-state index contributed by atoms with van der Waals surface area (Å²) in [6, 6.07) is 10.4. The molecule has 0 aliphatic carbocycles. The molecule has 1 unspecified atom stereocenters. The van der Waals surface area contributed by atoms with E-state index in [-0.39, 0.29) is 5.92 Å². The van der Waals surface area contributed by atoms with E-state index in [0.29, 0.717) is 13.2 Å². The number of benzene rings is 1. The van der Waals surface area contributed by atoms with Crippen LogP contribution in [0, 0.1) is 6.92 Å². The summed E-state index contributed by atoms with van der Waals surface area (Å²) in [5, 5.41) is 0. The molecular weight excluding hydrogens is 248 g/mol. The number of pyridine rings is 1. The SMILES string of the molecule is CCOc1ccc(C)cc1C(CN)Cc1ccncc1. The summed E-state index contributed by atoms with van der Waals surface area (Å²) in [7, 11) is 0. The van der Waals surface area contributed by atoms with E-state index in [1.807, 2.05) is 37.5 Å². The monoisotopic (exact) mass is 270 g/mol. The fraction of sp³-hybridized carbons (Fsp3) is 0.353. The highest BCUT2D eigenvalue weighted by atomic mass is 16.5. The summed E-state index contributed by atoms with van der Waals surface area (Å²) < 4.78 is 5.74. The van der Waals surface area contributed by atoms with E-state index in [4.69, 9.17) is 10.5 Å². The lowest BCUT2D eigenvalue weighted by Gasteiger charge is -2.19. The molecule has 0 aliphatic heterocycles. The molecule has 3 nitrogen and oxygen atoms in total. The van der Waals surface area contributed by atoms with Crippen molar-refractivity contribution in [3.8, 4) is 5.75 Å². The molecule has 1 atom stereocenters. The summed E-state index contributed by atoms with van der Waals surface area (Å²) in [4.78, 5) is 4.06. The third kappa shape index (κ3) is 3.58. The number of rotatable bonds is 6. The van der Waals surface area contributed by atoms with Crippen molar-refractivity contribution in [1.29, 1.82) is 0 Å². The first-order valence-electron chi connectivity index (χ1n) is 7.07. The number of aromatic nitrogens is 1. The Bertz CT molecular complexity index is 540. The van der Waals surface area contributed by atoms with Crippen molar-refractivity contribution in [2.24, 2.45) is 5.73 Å². The van der Waals surface area contributed by atoms with Crippen LogP contribution in [-0.2, 0) is 6.42 Å². The van der Waals surface area contributed by atoms with Gasteiger partial charge in [-0.05, 0) is 56.1 Å². The van der Waals surface area contributed by atoms with Gasteiger partial charge in [0.15, 0.2) is 0 Å². The van der Waals surface area contributed by atoms with Gasteiger partial charge in [0.2, 0.25) is 0 Å².